The van der Waals surface area contributed by atoms with Gasteiger partial charge in [-0.25, -0.2) is 9.18 Å². The van der Waals surface area contributed by atoms with Crippen LogP contribution in [0.3, 0.4) is 0 Å². The molecule has 7 nitrogen and oxygen atoms in total. The van der Waals surface area contributed by atoms with Gasteiger partial charge in [-0.05, 0) is 17.5 Å². The highest BCUT2D eigenvalue weighted by Crippen LogP contribution is 2.40. The Bertz CT molecular complexity index is 678. The number of rotatable bonds is 2. The molecule has 0 saturated carbocycles. The van der Waals surface area contributed by atoms with E-state index in [1.165, 1.54) is 0 Å². The summed E-state index contributed by atoms with van der Waals surface area (Å²) in [5.41, 5.74) is -4.31. The maximum atomic E-state index is 14.8. The van der Waals surface area contributed by atoms with Crippen LogP contribution in [0, 0.1) is 11.3 Å². The van der Waals surface area contributed by atoms with Crippen molar-refractivity contribution in [2.24, 2.45) is 0 Å². The second kappa shape index (κ2) is 5.38. The summed E-state index contributed by atoms with van der Waals surface area (Å²) in [6.45, 7) is -0.675. The molecular formula is C11H10ClFN2O5. The molecule has 4 atom stereocenters. The van der Waals surface area contributed by atoms with E-state index in [1.54, 1.807) is 5.38 Å². The van der Waals surface area contributed by atoms with Gasteiger partial charge in [0.2, 0.25) is 5.67 Å². The molecule has 0 aromatic carbocycles. The first-order valence-corrected chi connectivity index (χ1v) is 5.89. The van der Waals surface area contributed by atoms with Crippen LogP contribution >= 0.6 is 11.6 Å². The van der Waals surface area contributed by atoms with E-state index in [2.05, 4.69) is 0 Å². The van der Waals surface area contributed by atoms with E-state index in [-0.39, 0.29) is 0 Å². The number of alkyl halides is 1. The number of ether oxygens (including phenoxy) is 1. The number of nitrogens with zero attached hydrogens (tertiary/aromatic N) is 1. The lowest BCUT2D eigenvalue weighted by molar-refractivity contribution is -0.0543. The van der Waals surface area contributed by atoms with Crippen molar-refractivity contribution in [1.29, 1.82) is 0 Å². The third-order valence-corrected chi connectivity index (χ3v) is 3.06. The molecule has 0 bridgehead atoms. The Labute approximate surface area is 116 Å². The molecule has 1 aliphatic heterocycles. The fourth-order valence-electron chi connectivity index (χ4n) is 1.99. The first-order chi connectivity index (χ1) is 9.43. The van der Waals surface area contributed by atoms with Gasteiger partial charge in [0.15, 0.2) is 6.23 Å². The smallest absolute Gasteiger partial charge is 0.330 e. The van der Waals surface area contributed by atoms with Gasteiger partial charge in [0.1, 0.15) is 12.2 Å². The Morgan fingerprint density at radius 3 is 2.85 bits per heavy atom. The zero-order valence-corrected chi connectivity index (χ0v) is 10.7. The maximum Gasteiger partial charge on any atom is 0.330 e. The van der Waals surface area contributed by atoms with Gasteiger partial charge in [0.05, 0.1) is 6.61 Å². The van der Waals surface area contributed by atoms with Crippen molar-refractivity contribution in [3.8, 4) is 11.3 Å². The van der Waals surface area contributed by atoms with E-state index in [9.17, 15) is 19.1 Å². The van der Waals surface area contributed by atoms with E-state index >= 15 is 0 Å². The Kier molecular flexibility index (Phi) is 3.96. The van der Waals surface area contributed by atoms with Crippen LogP contribution in [0.15, 0.2) is 21.9 Å². The molecule has 0 amide bonds. The van der Waals surface area contributed by atoms with Crippen molar-refractivity contribution < 1.29 is 19.3 Å². The minimum atomic E-state index is -2.70. The predicted octanol–water partition coefficient (Wildman–Crippen LogP) is -1.30. The van der Waals surface area contributed by atoms with Gasteiger partial charge in [0.25, 0.3) is 5.56 Å². The Morgan fingerprint density at radius 1 is 1.60 bits per heavy atom. The van der Waals surface area contributed by atoms with Crippen molar-refractivity contribution in [2.45, 2.75) is 24.1 Å². The van der Waals surface area contributed by atoms with Gasteiger partial charge in [-0.1, -0.05) is 0 Å². The van der Waals surface area contributed by atoms with Crippen LogP contribution in [-0.2, 0) is 4.74 Å². The fourth-order valence-corrected chi connectivity index (χ4v) is 2.13. The van der Waals surface area contributed by atoms with Crippen molar-refractivity contribution in [1.82, 2.24) is 9.55 Å². The number of nitrogens with one attached hydrogen (secondary N) is 1. The number of aliphatic hydroxyl groups excluding tert-OH is 2. The first-order valence-electron chi connectivity index (χ1n) is 5.51. The summed E-state index contributed by atoms with van der Waals surface area (Å²) in [6, 6.07) is 0.984. The lowest BCUT2D eigenvalue weighted by Crippen LogP contribution is -2.45. The summed E-state index contributed by atoms with van der Waals surface area (Å²) in [5, 5.41) is 20.6. The molecule has 2 heterocycles. The Balaban J connectivity index is 2.55. The average Bonchev–Trinajstić information content (AvgIpc) is 2.63. The van der Waals surface area contributed by atoms with Crippen molar-refractivity contribution >= 4 is 11.6 Å². The van der Waals surface area contributed by atoms with Crippen molar-refractivity contribution in [3.63, 3.8) is 0 Å². The van der Waals surface area contributed by atoms with Crippen LogP contribution in [0.25, 0.3) is 0 Å². The molecule has 0 aliphatic carbocycles. The Hall–Kier alpha value is -1.66. The van der Waals surface area contributed by atoms with Gasteiger partial charge < -0.3 is 14.9 Å². The number of hydrogen-bond acceptors (Lipinski definition) is 5. The number of aromatic amines is 1. The van der Waals surface area contributed by atoms with Crippen LogP contribution in [-0.4, -0.2) is 44.2 Å². The van der Waals surface area contributed by atoms with Crippen LogP contribution in [0.2, 0.25) is 0 Å². The number of aromatic nitrogens is 2. The fraction of sp³-hybridized carbons (Fsp3) is 0.455. The van der Waals surface area contributed by atoms with E-state index in [0.29, 0.717) is 0 Å². The molecule has 1 saturated heterocycles. The molecule has 3 N–H and O–H groups in total. The van der Waals surface area contributed by atoms with Gasteiger partial charge in [0, 0.05) is 17.6 Å². The topological polar surface area (TPSA) is 105 Å². The van der Waals surface area contributed by atoms with E-state index in [4.69, 9.17) is 21.4 Å². The van der Waals surface area contributed by atoms with Gasteiger partial charge in [-0.2, -0.15) is 0 Å². The highest BCUT2D eigenvalue weighted by atomic mass is 35.5. The average molecular weight is 305 g/mol. The van der Waals surface area contributed by atoms with Crippen LogP contribution in [0.4, 0.5) is 4.39 Å². The lowest BCUT2D eigenvalue weighted by atomic mass is 9.97. The summed E-state index contributed by atoms with van der Waals surface area (Å²) in [4.78, 5) is 24.6. The van der Waals surface area contributed by atoms with Crippen LogP contribution < -0.4 is 11.2 Å². The summed E-state index contributed by atoms with van der Waals surface area (Å²) < 4.78 is 20.6. The molecule has 20 heavy (non-hydrogen) atoms. The Morgan fingerprint density at radius 2 is 2.30 bits per heavy atom. The monoisotopic (exact) mass is 304 g/mol. The van der Waals surface area contributed by atoms with Crippen LogP contribution in [0.1, 0.15) is 6.23 Å². The maximum absolute atomic E-state index is 14.8. The minimum absolute atomic E-state index is 0.670. The van der Waals surface area contributed by atoms with Crippen molar-refractivity contribution in [3.05, 3.63) is 33.1 Å². The summed E-state index contributed by atoms with van der Waals surface area (Å²) in [6.07, 6.45) is -3.73. The first kappa shape index (κ1) is 14.7. The molecule has 9 heteroatoms. The van der Waals surface area contributed by atoms with Crippen molar-refractivity contribution in [2.75, 3.05) is 6.61 Å². The highest BCUT2D eigenvalue weighted by molar-refractivity contribution is 6.30. The molecule has 0 spiro atoms. The van der Waals surface area contributed by atoms with Gasteiger partial charge >= 0.3 is 5.69 Å². The van der Waals surface area contributed by atoms with Crippen LogP contribution in [0.5, 0.6) is 0 Å². The van der Waals surface area contributed by atoms with E-state index < -0.39 is 42.0 Å². The normalized spacial score (nSPS) is 32.7. The van der Waals surface area contributed by atoms with E-state index in [1.807, 2.05) is 10.9 Å². The highest BCUT2D eigenvalue weighted by Gasteiger charge is 2.57. The van der Waals surface area contributed by atoms with Gasteiger partial charge in [-0.3, -0.25) is 14.3 Å². The minimum Gasteiger partial charge on any atom is -0.394 e. The lowest BCUT2D eigenvalue weighted by Gasteiger charge is -2.23. The molecule has 108 valence electrons. The standard InChI is InChI=1S/C11H10ClFN2O5/c12-3-2-11(13)8(18)6(5-16)20-9(11)15-4-1-7(17)14-10(15)19/h1,4,6,8-9,16,18H,5H2,(H,14,17,19)/t6-,8-,9-,11-/m1/s1. The molecular weight excluding hydrogens is 295 g/mol. The molecule has 1 aliphatic rings. The molecule has 1 fully saturated rings. The third-order valence-electron chi connectivity index (χ3n) is 2.97. The number of aliphatic hydroxyl groups is 2. The SMILES string of the molecule is O=c1ccn([C@@H]2O[C@H](CO)[C@@H](O)[C@]2(F)C#CCl)c(=O)[nH]1. The molecule has 0 unspecified atom stereocenters. The molecule has 1 aromatic heterocycles. The molecule has 0 radical (unpaired) electrons. The largest absolute Gasteiger partial charge is 0.394 e. The number of halogens is 2. The molecule has 1 aromatic rings. The van der Waals surface area contributed by atoms with Gasteiger partial charge in [-0.15, -0.1) is 0 Å². The second-order valence-electron chi connectivity index (χ2n) is 4.16. The number of hydrogen-bond donors (Lipinski definition) is 3. The third kappa shape index (κ3) is 2.25. The zero-order chi connectivity index (χ0) is 14.9. The summed E-state index contributed by atoms with van der Waals surface area (Å²) in [7, 11) is 0. The number of H-pyrrole nitrogens is 1. The predicted molar refractivity (Wildman–Crippen MR) is 65.8 cm³/mol. The summed E-state index contributed by atoms with van der Waals surface area (Å²) in [5.74, 6) is 1.94. The second-order valence-corrected chi connectivity index (χ2v) is 4.35. The summed E-state index contributed by atoms with van der Waals surface area (Å²) >= 11 is 5.17. The quantitative estimate of drug-likeness (QED) is 0.589. The molecule has 2 rings (SSSR count). The van der Waals surface area contributed by atoms with E-state index in [0.717, 1.165) is 16.8 Å². The zero-order valence-electron chi connectivity index (χ0n) is 9.92.